The number of hydrogen-bond acceptors (Lipinski definition) is 5. The van der Waals surface area contributed by atoms with E-state index in [1.54, 1.807) is 24.6 Å². The first-order chi connectivity index (χ1) is 14.5. The Morgan fingerprint density at radius 3 is 2.97 bits per heavy atom. The van der Waals surface area contributed by atoms with Crippen molar-refractivity contribution in [2.24, 2.45) is 5.92 Å². The molecule has 4 unspecified atom stereocenters. The Balaban J connectivity index is 1.45. The first kappa shape index (κ1) is 19.5. The maximum atomic E-state index is 13.5. The van der Waals surface area contributed by atoms with E-state index < -0.39 is 5.60 Å². The highest BCUT2D eigenvalue weighted by atomic mass is 32.1. The van der Waals surface area contributed by atoms with Gasteiger partial charge in [0.2, 0.25) is 0 Å². The highest BCUT2D eigenvalue weighted by molar-refractivity contribution is 7.13. The van der Waals surface area contributed by atoms with Crippen molar-refractivity contribution in [3.05, 3.63) is 59.0 Å². The van der Waals surface area contributed by atoms with Gasteiger partial charge in [-0.15, -0.1) is 11.3 Å². The highest BCUT2D eigenvalue weighted by Gasteiger charge is 2.54. The number of nitrogens with one attached hydrogen (secondary N) is 1. The van der Waals surface area contributed by atoms with Crippen LogP contribution in [0, 0.1) is 12.8 Å². The summed E-state index contributed by atoms with van der Waals surface area (Å²) >= 11 is 1.58. The Kier molecular flexibility index (Phi) is 4.75. The number of aromatic amines is 1. The Bertz CT molecular complexity index is 1060. The van der Waals surface area contributed by atoms with E-state index in [1.807, 2.05) is 29.9 Å². The van der Waals surface area contributed by atoms with Gasteiger partial charge in [0.05, 0.1) is 17.5 Å². The predicted molar refractivity (Wildman–Crippen MR) is 116 cm³/mol. The number of fused-ring (bicyclic) bond motifs is 2. The number of amides is 1. The van der Waals surface area contributed by atoms with E-state index >= 15 is 0 Å². The fourth-order valence-electron chi connectivity index (χ4n) is 5.40. The zero-order valence-corrected chi connectivity index (χ0v) is 18.3. The van der Waals surface area contributed by atoms with Crippen LogP contribution < -0.4 is 0 Å². The number of aromatic nitrogens is 3. The molecule has 156 valence electrons. The van der Waals surface area contributed by atoms with Gasteiger partial charge in [-0.05, 0) is 37.0 Å². The molecular weight excluding hydrogens is 396 g/mol. The van der Waals surface area contributed by atoms with Crippen molar-refractivity contribution in [3.8, 4) is 10.4 Å². The van der Waals surface area contributed by atoms with Gasteiger partial charge in [-0.25, -0.2) is 0 Å². The fourth-order valence-corrected chi connectivity index (χ4v) is 6.26. The van der Waals surface area contributed by atoms with Crippen molar-refractivity contribution >= 4 is 17.2 Å². The number of rotatable bonds is 4. The molecule has 2 fully saturated rings. The van der Waals surface area contributed by atoms with Crippen LogP contribution in [0.3, 0.4) is 0 Å². The SMILES string of the molecule is COC1(c2ncccc2C)CC2CC(C)C(C1)N2C(=O)c1csc(-c2cn[nH]c2)c1. The molecule has 4 atom stereocenters. The minimum absolute atomic E-state index is 0.128. The van der Waals surface area contributed by atoms with E-state index in [1.165, 1.54) is 0 Å². The number of hydrogen-bond donors (Lipinski definition) is 1. The zero-order chi connectivity index (χ0) is 20.9. The topological polar surface area (TPSA) is 71.1 Å². The van der Waals surface area contributed by atoms with Gasteiger partial charge in [0.15, 0.2) is 0 Å². The number of nitrogens with zero attached hydrogens (tertiary/aromatic N) is 3. The van der Waals surface area contributed by atoms with Gasteiger partial charge in [-0.3, -0.25) is 14.9 Å². The van der Waals surface area contributed by atoms with Crippen molar-refractivity contribution in [2.75, 3.05) is 7.11 Å². The lowest BCUT2D eigenvalue weighted by molar-refractivity contribution is -0.0839. The Morgan fingerprint density at radius 1 is 1.40 bits per heavy atom. The Labute approximate surface area is 180 Å². The van der Waals surface area contributed by atoms with E-state index in [0.29, 0.717) is 5.92 Å². The molecule has 2 aliphatic heterocycles. The largest absolute Gasteiger partial charge is 0.372 e. The monoisotopic (exact) mass is 422 g/mol. The van der Waals surface area contributed by atoms with E-state index in [0.717, 1.165) is 46.5 Å². The molecule has 3 aromatic rings. The molecule has 30 heavy (non-hydrogen) atoms. The molecule has 2 saturated heterocycles. The van der Waals surface area contributed by atoms with Crippen molar-refractivity contribution in [2.45, 2.75) is 50.8 Å². The number of aryl methyl sites for hydroxylation is 1. The lowest BCUT2D eigenvalue weighted by atomic mass is 9.80. The van der Waals surface area contributed by atoms with Crippen molar-refractivity contribution < 1.29 is 9.53 Å². The molecule has 6 nitrogen and oxygen atoms in total. The summed E-state index contributed by atoms with van der Waals surface area (Å²) in [6.07, 6.45) is 8.06. The second-order valence-electron chi connectivity index (χ2n) is 8.61. The molecule has 0 aliphatic carbocycles. The summed E-state index contributed by atoms with van der Waals surface area (Å²) in [6.45, 7) is 4.35. The molecule has 0 radical (unpaired) electrons. The molecule has 5 rings (SSSR count). The average molecular weight is 423 g/mol. The standard InChI is InChI=1S/C23H26N4O2S/c1-14-5-4-6-24-21(14)23(29-3)9-18-7-15(2)19(10-23)27(18)22(28)16-8-20(30-13-16)17-11-25-26-12-17/h4-6,8,11-13,15,18-19H,7,9-10H2,1-3H3,(H,25,26). The number of piperidine rings is 1. The Hall–Kier alpha value is -2.51. The summed E-state index contributed by atoms with van der Waals surface area (Å²) in [7, 11) is 1.78. The number of carbonyl (C=O) groups is 1. The van der Waals surface area contributed by atoms with Gasteiger partial charge in [-0.2, -0.15) is 5.10 Å². The highest BCUT2D eigenvalue weighted by Crippen LogP contribution is 2.50. The van der Waals surface area contributed by atoms with Crippen molar-refractivity contribution in [1.82, 2.24) is 20.1 Å². The third-order valence-electron chi connectivity index (χ3n) is 6.85. The van der Waals surface area contributed by atoms with Crippen LogP contribution in [-0.2, 0) is 10.3 Å². The zero-order valence-electron chi connectivity index (χ0n) is 17.5. The first-order valence-electron chi connectivity index (χ1n) is 10.4. The number of carbonyl (C=O) groups excluding carboxylic acids is 1. The number of H-pyrrole nitrogens is 1. The number of thiophene rings is 1. The van der Waals surface area contributed by atoms with Crippen LogP contribution in [0.4, 0.5) is 0 Å². The molecule has 1 N–H and O–H groups in total. The normalized spacial score (nSPS) is 28.1. The van der Waals surface area contributed by atoms with Crippen molar-refractivity contribution in [1.29, 1.82) is 0 Å². The summed E-state index contributed by atoms with van der Waals surface area (Å²) in [6, 6.07) is 6.35. The quantitative estimate of drug-likeness (QED) is 0.677. The van der Waals surface area contributed by atoms with E-state index in [9.17, 15) is 4.79 Å². The number of pyridine rings is 1. The van der Waals surface area contributed by atoms with E-state index in [-0.39, 0.29) is 18.0 Å². The lowest BCUT2D eigenvalue weighted by Crippen LogP contribution is -2.53. The summed E-state index contributed by atoms with van der Waals surface area (Å²) in [5, 5.41) is 8.82. The summed E-state index contributed by atoms with van der Waals surface area (Å²) in [4.78, 5) is 21.4. The second kappa shape index (κ2) is 7.32. The van der Waals surface area contributed by atoms with Gasteiger partial charge in [0.1, 0.15) is 5.60 Å². The molecule has 0 aromatic carbocycles. The van der Waals surface area contributed by atoms with Gasteiger partial charge >= 0.3 is 0 Å². The van der Waals surface area contributed by atoms with Crippen molar-refractivity contribution in [3.63, 3.8) is 0 Å². The molecule has 5 heterocycles. The van der Waals surface area contributed by atoms with Gasteiger partial charge in [0.25, 0.3) is 5.91 Å². The molecular formula is C23H26N4O2S. The number of ether oxygens (including phenoxy) is 1. The van der Waals surface area contributed by atoms with Crippen LogP contribution in [0.25, 0.3) is 10.4 Å². The molecule has 0 spiro atoms. The average Bonchev–Trinajstić information content (AvgIpc) is 3.48. The lowest BCUT2D eigenvalue weighted by Gasteiger charge is -2.46. The van der Waals surface area contributed by atoms with Crippen LogP contribution in [0.5, 0.6) is 0 Å². The molecule has 1 amide bonds. The van der Waals surface area contributed by atoms with Crippen LogP contribution in [0.1, 0.15) is 47.8 Å². The summed E-state index contributed by atoms with van der Waals surface area (Å²) in [5.74, 6) is 0.565. The molecule has 0 saturated carbocycles. The molecule has 3 aromatic heterocycles. The summed E-state index contributed by atoms with van der Waals surface area (Å²) in [5.41, 5.74) is 3.51. The van der Waals surface area contributed by atoms with E-state index in [4.69, 9.17) is 9.72 Å². The third kappa shape index (κ3) is 2.99. The molecule has 2 aliphatic rings. The van der Waals surface area contributed by atoms with Crippen LogP contribution in [0.15, 0.2) is 42.2 Å². The Morgan fingerprint density at radius 2 is 2.27 bits per heavy atom. The van der Waals surface area contributed by atoms with Crippen LogP contribution in [0.2, 0.25) is 0 Å². The maximum absolute atomic E-state index is 13.5. The number of methoxy groups -OCH3 is 1. The van der Waals surface area contributed by atoms with E-state index in [2.05, 4.69) is 35.0 Å². The fraction of sp³-hybridized carbons (Fsp3) is 0.435. The molecule has 7 heteroatoms. The summed E-state index contributed by atoms with van der Waals surface area (Å²) < 4.78 is 6.15. The predicted octanol–water partition coefficient (Wildman–Crippen LogP) is 4.40. The smallest absolute Gasteiger partial charge is 0.255 e. The van der Waals surface area contributed by atoms with Crippen LogP contribution in [-0.4, -0.2) is 45.2 Å². The minimum Gasteiger partial charge on any atom is -0.372 e. The third-order valence-corrected chi connectivity index (χ3v) is 7.83. The maximum Gasteiger partial charge on any atom is 0.255 e. The van der Waals surface area contributed by atoms with Gasteiger partial charge in [-0.1, -0.05) is 13.0 Å². The van der Waals surface area contributed by atoms with Crippen LogP contribution >= 0.6 is 11.3 Å². The molecule has 2 bridgehead atoms. The second-order valence-corrected chi connectivity index (χ2v) is 9.52. The minimum atomic E-state index is -0.432. The van der Waals surface area contributed by atoms with Gasteiger partial charge in [0, 0.05) is 60.2 Å². The first-order valence-corrected chi connectivity index (χ1v) is 11.3. The van der Waals surface area contributed by atoms with Gasteiger partial charge < -0.3 is 9.64 Å².